The standard InChI is InChI=1S/C27H19N3O/c31-24-17-16-22(18-23(24)19-10-4-1-5-11-19)27-29-25(20-12-6-2-7-13-20)28-26(30-27)21-14-8-3-9-15-21/h1-18,31H. The number of hydrogen-bond donors (Lipinski definition) is 1. The molecule has 0 saturated heterocycles. The summed E-state index contributed by atoms with van der Waals surface area (Å²) in [6.07, 6.45) is 0. The molecule has 1 N–H and O–H groups in total. The lowest BCUT2D eigenvalue weighted by Crippen LogP contribution is -2.00. The van der Waals surface area contributed by atoms with Crippen molar-refractivity contribution in [2.75, 3.05) is 0 Å². The fourth-order valence-corrected chi connectivity index (χ4v) is 3.46. The maximum Gasteiger partial charge on any atom is 0.164 e. The molecule has 5 aromatic rings. The highest BCUT2D eigenvalue weighted by Gasteiger charge is 2.14. The quantitative estimate of drug-likeness (QED) is 0.387. The summed E-state index contributed by atoms with van der Waals surface area (Å²) in [6, 6.07) is 35.0. The number of aromatic nitrogens is 3. The third kappa shape index (κ3) is 3.91. The minimum atomic E-state index is 0.218. The van der Waals surface area contributed by atoms with Crippen molar-refractivity contribution in [3.05, 3.63) is 109 Å². The first kappa shape index (κ1) is 18.7. The summed E-state index contributed by atoms with van der Waals surface area (Å²) in [6.45, 7) is 0. The molecule has 31 heavy (non-hydrogen) atoms. The van der Waals surface area contributed by atoms with Crippen molar-refractivity contribution >= 4 is 0 Å². The third-order valence-electron chi connectivity index (χ3n) is 5.04. The first-order valence-electron chi connectivity index (χ1n) is 10.0. The molecular weight excluding hydrogens is 382 g/mol. The van der Waals surface area contributed by atoms with Gasteiger partial charge >= 0.3 is 0 Å². The summed E-state index contributed by atoms with van der Waals surface area (Å²) in [7, 11) is 0. The predicted molar refractivity (Wildman–Crippen MR) is 123 cm³/mol. The van der Waals surface area contributed by atoms with E-state index >= 15 is 0 Å². The van der Waals surface area contributed by atoms with Crippen molar-refractivity contribution in [3.8, 4) is 51.0 Å². The molecule has 0 fully saturated rings. The summed E-state index contributed by atoms with van der Waals surface area (Å²) in [5, 5.41) is 10.4. The van der Waals surface area contributed by atoms with Gasteiger partial charge in [0.2, 0.25) is 0 Å². The maximum absolute atomic E-state index is 10.4. The van der Waals surface area contributed by atoms with Crippen LogP contribution in [0.4, 0.5) is 0 Å². The summed E-state index contributed by atoms with van der Waals surface area (Å²) in [5.41, 5.74) is 4.33. The summed E-state index contributed by atoms with van der Waals surface area (Å²) >= 11 is 0. The Labute approximate surface area is 180 Å². The van der Waals surface area contributed by atoms with Crippen LogP contribution in [0.5, 0.6) is 5.75 Å². The van der Waals surface area contributed by atoms with E-state index in [4.69, 9.17) is 15.0 Å². The molecule has 148 valence electrons. The van der Waals surface area contributed by atoms with Gasteiger partial charge in [-0.2, -0.15) is 0 Å². The number of nitrogens with zero attached hydrogens (tertiary/aromatic N) is 3. The van der Waals surface area contributed by atoms with Crippen LogP contribution in [0, 0.1) is 0 Å². The summed E-state index contributed by atoms with van der Waals surface area (Å²) < 4.78 is 0. The van der Waals surface area contributed by atoms with E-state index in [-0.39, 0.29) is 5.75 Å². The summed E-state index contributed by atoms with van der Waals surface area (Å²) in [4.78, 5) is 14.2. The van der Waals surface area contributed by atoms with Gasteiger partial charge in [0, 0.05) is 22.3 Å². The molecule has 5 rings (SSSR count). The van der Waals surface area contributed by atoms with E-state index in [1.165, 1.54) is 0 Å². The van der Waals surface area contributed by atoms with Crippen molar-refractivity contribution in [1.82, 2.24) is 15.0 Å². The highest BCUT2D eigenvalue weighted by Crippen LogP contribution is 2.33. The molecule has 0 aliphatic carbocycles. The smallest absolute Gasteiger partial charge is 0.164 e. The molecular formula is C27H19N3O. The van der Waals surface area contributed by atoms with Crippen LogP contribution in [0.25, 0.3) is 45.3 Å². The van der Waals surface area contributed by atoms with Crippen LogP contribution < -0.4 is 0 Å². The second kappa shape index (κ2) is 8.20. The van der Waals surface area contributed by atoms with Gasteiger partial charge in [-0.1, -0.05) is 91.0 Å². The maximum atomic E-state index is 10.4. The van der Waals surface area contributed by atoms with Crippen molar-refractivity contribution in [1.29, 1.82) is 0 Å². The molecule has 0 bridgehead atoms. The van der Waals surface area contributed by atoms with Crippen LogP contribution in [0.1, 0.15) is 0 Å². The zero-order valence-electron chi connectivity index (χ0n) is 16.7. The Morgan fingerprint density at radius 1 is 0.419 bits per heavy atom. The van der Waals surface area contributed by atoms with E-state index in [0.29, 0.717) is 17.5 Å². The molecule has 0 amide bonds. The van der Waals surface area contributed by atoms with Gasteiger partial charge in [-0.15, -0.1) is 0 Å². The van der Waals surface area contributed by atoms with E-state index in [2.05, 4.69) is 0 Å². The second-order valence-electron chi connectivity index (χ2n) is 7.14. The van der Waals surface area contributed by atoms with Gasteiger partial charge < -0.3 is 5.11 Å². The lowest BCUT2D eigenvalue weighted by atomic mass is 10.0. The molecule has 1 aromatic heterocycles. The lowest BCUT2D eigenvalue weighted by molar-refractivity contribution is 0.477. The van der Waals surface area contributed by atoms with Crippen molar-refractivity contribution in [3.63, 3.8) is 0 Å². The van der Waals surface area contributed by atoms with Gasteiger partial charge in [0.1, 0.15) is 5.75 Å². The van der Waals surface area contributed by atoms with Crippen LogP contribution in [-0.2, 0) is 0 Å². The van der Waals surface area contributed by atoms with E-state index in [9.17, 15) is 5.11 Å². The average Bonchev–Trinajstić information content (AvgIpc) is 2.86. The molecule has 4 aromatic carbocycles. The molecule has 0 saturated carbocycles. The Bertz CT molecular complexity index is 1260. The first-order valence-corrected chi connectivity index (χ1v) is 10.0. The fourth-order valence-electron chi connectivity index (χ4n) is 3.46. The number of rotatable bonds is 4. The van der Waals surface area contributed by atoms with Gasteiger partial charge in [0.25, 0.3) is 0 Å². The number of benzene rings is 4. The Morgan fingerprint density at radius 3 is 1.32 bits per heavy atom. The largest absolute Gasteiger partial charge is 0.507 e. The molecule has 1 heterocycles. The van der Waals surface area contributed by atoms with Crippen LogP contribution in [-0.4, -0.2) is 20.1 Å². The lowest BCUT2D eigenvalue weighted by Gasteiger charge is -2.10. The van der Waals surface area contributed by atoms with Crippen LogP contribution in [0.3, 0.4) is 0 Å². The second-order valence-corrected chi connectivity index (χ2v) is 7.14. The highest BCUT2D eigenvalue weighted by molar-refractivity contribution is 5.76. The third-order valence-corrected chi connectivity index (χ3v) is 5.04. The number of hydrogen-bond acceptors (Lipinski definition) is 4. The number of aromatic hydroxyl groups is 1. The minimum Gasteiger partial charge on any atom is -0.507 e. The Balaban J connectivity index is 1.69. The zero-order chi connectivity index (χ0) is 21.0. The van der Waals surface area contributed by atoms with E-state index in [1.807, 2.05) is 103 Å². The highest BCUT2D eigenvalue weighted by atomic mass is 16.3. The molecule has 4 nitrogen and oxygen atoms in total. The van der Waals surface area contributed by atoms with E-state index in [1.54, 1.807) is 6.07 Å². The summed E-state index contributed by atoms with van der Waals surface area (Å²) in [5.74, 6) is 2.00. The molecule has 0 unspecified atom stereocenters. The van der Waals surface area contributed by atoms with Crippen molar-refractivity contribution in [2.24, 2.45) is 0 Å². The van der Waals surface area contributed by atoms with Gasteiger partial charge in [0.05, 0.1) is 0 Å². The number of phenols is 1. The average molecular weight is 401 g/mol. The molecule has 4 heteroatoms. The SMILES string of the molecule is Oc1ccc(-c2nc(-c3ccccc3)nc(-c3ccccc3)n2)cc1-c1ccccc1. The Hall–Kier alpha value is -4.31. The Kier molecular flexibility index (Phi) is 4.95. The Morgan fingerprint density at radius 2 is 0.839 bits per heavy atom. The van der Waals surface area contributed by atoms with Crippen LogP contribution in [0.15, 0.2) is 109 Å². The van der Waals surface area contributed by atoms with Crippen LogP contribution >= 0.6 is 0 Å². The number of phenolic OH excluding ortho intramolecular Hbond substituents is 1. The van der Waals surface area contributed by atoms with Crippen molar-refractivity contribution < 1.29 is 5.11 Å². The molecule has 0 atom stereocenters. The fraction of sp³-hybridized carbons (Fsp3) is 0. The topological polar surface area (TPSA) is 58.9 Å². The zero-order valence-corrected chi connectivity index (χ0v) is 16.7. The minimum absolute atomic E-state index is 0.218. The van der Waals surface area contributed by atoms with Gasteiger partial charge in [-0.3, -0.25) is 0 Å². The molecule has 0 spiro atoms. The van der Waals surface area contributed by atoms with Gasteiger partial charge in [-0.05, 0) is 23.8 Å². The normalized spacial score (nSPS) is 10.7. The molecule has 0 aliphatic rings. The van der Waals surface area contributed by atoms with Crippen LogP contribution in [0.2, 0.25) is 0 Å². The van der Waals surface area contributed by atoms with Crippen molar-refractivity contribution in [2.45, 2.75) is 0 Å². The predicted octanol–water partition coefficient (Wildman–Crippen LogP) is 6.25. The monoisotopic (exact) mass is 401 g/mol. The van der Waals surface area contributed by atoms with Gasteiger partial charge in [-0.25, -0.2) is 15.0 Å². The van der Waals surface area contributed by atoms with E-state index in [0.717, 1.165) is 27.8 Å². The first-order chi connectivity index (χ1) is 15.3. The van der Waals surface area contributed by atoms with Gasteiger partial charge in [0.15, 0.2) is 17.5 Å². The molecule has 0 radical (unpaired) electrons. The van der Waals surface area contributed by atoms with E-state index < -0.39 is 0 Å². The molecule has 0 aliphatic heterocycles.